The molecule has 0 radical (unpaired) electrons. The fraction of sp³-hybridized carbons (Fsp3) is 0.190. The van der Waals surface area contributed by atoms with Crippen LogP contribution in [0.1, 0.15) is 21.7 Å². The van der Waals surface area contributed by atoms with Crippen molar-refractivity contribution >= 4 is 27.7 Å². The Labute approximate surface area is 175 Å². The molecule has 0 unspecified atom stereocenters. The van der Waals surface area contributed by atoms with Crippen LogP contribution in [-0.2, 0) is 23.1 Å². The SMILES string of the molecule is CSc1ccc(CN(C)C(=O)c2cccc(S(=O)(=O)NCc3ccco3)c2)cc1. The van der Waals surface area contributed by atoms with E-state index in [1.54, 1.807) is 48.0 Å². The predicted octanol–water partition coefficient (Wildman–Crippen LogP) is 3.75. The van der Waals surface area contributed by atoms with Gasteiger partial charge in [0.15, 0.2) is 0 Å². The number of hydrogen-bond donors (Lipinski definition) is 1. The van der Waals surface area contributed by atoms with Gasteiger partial charge in [0.05, 0.1) is 17.7 Å². The minimum Gasteiger partial charge on any atom is -0.468 e. The van der Waals surface area contributed by atoms with Crippen LogP contribution >= 0.6 is 11.8 Å². The molecule has 6 nitrogen and oxygen atoms in total. The minimum atomic E-state index is -3.77. The van der Waals surface area contributed by atoms with Gasteiger partial charge >= 0.3 is 0 Å². The molecule has 0 atom stereocenters. The molecular weight excluding hydrogens is 408 g/mol. The number of carbonyl (C=O) groups excluding carboxylic acids is 1. The lowest BCUT2D eigenvalue weighted by atomic mass is 10.1. The molecule has 152 valence electrons. The van der Waals surface area contributed by atoms with E-state index in [1.165, 1.54) is 18.4 Å². The van der Waals surface area contributed by atoms with Crippen molar-refractivity contribution in [1.29, 1.82) is 0 Å². The molecule has 0 aliphatic rings. The molecule has 0 saturated carbocycles. The highest BCUT2D eigenvalue weighted by Gasteiger charge is 2.18. The molecule has 3 rings (SSSR count). The molecule has 0 fully saturated rings. The molecule has 0 aliphatic carbocycles. The number of sulfonamides is 1. The maximum absolute atomic E-state index is 12.8. The van der Waals surface area contributed by atoms with Crippen LogP contribution in [0.5, 0.6) is 0 Å². The van der Waals surface area contributed by atoms with E-state index in [4.69, 9.17) is 4.42 Å². The summed E-state index contributed by atoms with van der Waals surface area (Å²) in [4.78, 5) is 15.5. The van der Waals surface area contributed by atoms with Gasteiger partial charge in [-0.1, -0.05) is 18.2 Å². The first-order valence-electron chi connectivity index (χ1n) is 8.89. The zero-order valence-electron chi connectivity index (χ0n) is 16.2. The first-order chi connectivity index (χ1) is 13.9. The highest BCUT2D eigenvalue weighted by atomic mass is 32.2. The standard InChI is InChI=1S/C21H22N2O4S2/c1-23(15-16-8-10-19(28-2)11-9-16)21(24)17-5-3-7-20(13-17)29(25,26)22-14-18-6-4-12-27-18/h3-13,22H,14-15H2,1-2H3. The Hall–Kier alpha value is -2.55. The van der Waals surface area contributed by atoms with Crippen molar-refractivity contribution in [3.8, 4) is 0 Å². The predicted molar refractivity (Wildman–Crippen MR) is 113 cm³/mol. The van der Waals surface area contributed by atoms with Crippen LogP contribution in [0.15, 0.2) is 81.1 Å². The summed E-state index contributed by atoms with van der Waals surface area (Å²) in [5.74, 6) is 0.259. The molecule has 29 heavy (non-hydrogen) atoms. The second kappa shape index (κ2) is 9.30. The summed E-state index contributed by atoms with van der Waals surface area (Å²) in [6.45, 7) is 0.473. The van der Waals surface area contributed by atoms with Gasteiger partial charge in [-0.25, -0.2) is 13.1 Å². The summed E-state index contributed by atoms with van der Waals surface area (Å²) >= 11 is 1.66. The number of benzene rings is 2. The Balaban J connectivity index is 1.70. The molecule has 3 aromatic rings. The van der Waals surface area contributed by atoms with Crippen LogP contribution in [0, 0.1) is 0 Å². The first-order valence-corrected chi connectivity index (χ1v) is 11.6. The van der Waals surface area contributed by atoms with Gasteiger partial charge in [0.1, 0.15) is 5.76 Å². The van der Waals surface area contributed by atoms with Gasteiger partial charge < -0.3 is 9.32 Å². The van der Waals surface area contributed by atoms with Crippen LogP contribution in [0.4, 0.5) is 0 Å². The maximum Gasteiger partial charge on any atom is 0.253 e. The molecule has 0 aliphatic heterocycles. The lowest BCUT2D eigenvalue weighted by Crippen LogP contribution is -2.27. The maximum atomic E-state index is 12.8. The van der Waals surface area contributed by atoms with E-state index in [9.17, 15) is 13.2 Å². The Morgan fingerprint density at radius 1 is 1.10 bits per heavy atom. The molecule has 1 N–H and O–H groups in total. The van der Waals surface area contributed by atoms with Crippen molar-refractivity contribution in [3.63, 3.8) is 0 Å². The van der Waals surface area contributed by atoms with Crippen molar-refractivity contribution in [2.45, 2.75) is 22.9 Å². The molecule has 1 aromatic heterocycles. The van der Waals surface area contributed by atoms with E-state index in [0.29, 0.717) is 17.9 Å². The summed E-state index contributed by atoms with van der Waals surface area (Å²) in [6.07, 6.45) is 3.49. The third kappa shape index (κ3) is 5.50. The van der Waals surface area contributed by atoms with E-state index in [1.807, 2.05) is 30.5 Å². The molecule has 0 spiro atoms. The summed E-state index contributed by atoms with van der Waals surface area (Å²) in [5.41, 5.74) is 1.32. The Morgan fingerprint density at radius 2 is 1.86 bits per heavy atom. The lowest BCUT2D eigenvalue weighted by Gasteiger charge is -2.18. The number of carbonyl (C=O) groups is 1. The van der Waals surface area contributed by atoms with E-state index >= 15 is 0 Å². The fourth-order valence-electron chi connectivity index (χ4n) is 2.76. The number of rotatable bonds is 8. The van der Waals surface area contributed by atoms with Gasteiger partial charge in [0.25, 0.3) is 5.91 Å². The molecule has 1 amide bonds. The average molecular weight is 431 g/mol. The Kier molecular flexibility index (Phi) is 6.79. The fourth-order valence-corrected chi connectivity index (χ4v) is 4.20. The smallest absolute Gasteiger partial charge is 0.253 e. The van der Waals surface area contributed by atoms with Gasteiger partial charge in [0, 0.05) is 24.1 Å². The monoisotopic (exact) mass is 430 g/mol. The Bertz CT molecular complexity index is 1060. The van der Waals surface area contributed by atoms with Crippen LogP contribution < -0.4 is 4.72 Å². The number of thioether (sulfide) groups is 1. The first kappa shape index (κ1) is 21.2. The van der Waals surface area contributed by atoms with Crippen molar-refractivity contribution < 1.29 is 17.6 Å². The van der Waals surface area contributed by atoms with Gasteiger partial charge in [-0.3, -0.25) is 4.79 Å². The molecular formula is C21H22N2O4S2. The number of amides is 1. The van der Waals surface area contributed by atoms with E-state index in [2.05, 4.69) is 4.72 Å². The minimum absolute atomic E-state index is 0.0348. The van der Waals surface area contributed by atoms with Gasteiger partial charge in [-0.2, -0.15) is 0 Å². The molecule has 8 heteroatoms. The largest absolute Gasteiger partial charge is 0.468 e. The summed E-state index contributed by atoms with van der Waals surface area (Å²) in [5, 5.41) is 0. The van der Waals surface area contributed by atoms with Crippen LogP contribution in [0.3, 0.4) is 0 Å². The molecule has 0 bridgehead atoms. The van der Waals surface area contributed by atoms with Crippen molar-refractivity contribution in [3.05, 3.63) is 83.8 Å². The summed E-state index contributed by atoms with van der Waals surface area (Å²) in [7, 11) is -2.07. The molecule has 1 heterocycles. The number of nitrogens with zero attached hydrogens (tertiary/aromatic N) is 1. The lowest BCUT2D eigenvalue weighted by molar-refractivity contribution is 0.0785. The number of furan rings is 1. The third-order valence-corrected chi connectivity index (χ3v) is 6.48. The normalized spacial score (nSPS) is 11.4. The highest BCUT2D eigenvalue weighted by Crippen LogP contribution is 2.17. The second-order valence-electron chi connectivity index (χ2n) is 6.44. The third-order valence-electron chi connectivity index (χ3n) is 4.33. The van der Waals surface area contributed by atoms with E-state index in [0.717, 1.165) is 10.5 Å². The van der Waals surface area contributed by atoms with Crippen LogP contribution in [-0.4, -0.2) is 32.5 Å². The van der Waals surface area contributed by atoms with E-state index in [-0.39, 0.29) is 17.3 Å². The topological polar surface area (TPSA) is 79.6 Å². The van der Waals surface area contributed by atoms with Crippen LogP contribution in [0.2, 0.25) is 0 Å². The summed E-state index contributed by atoms with van der Waals surface area (Å²) < 4.78 is 32.7. The average Bonchev–Trinajstić information content (AvgIpc) is 3.26. The van der Waals surface area contributed by atoms with Crippen molar-refractivity contribution in [2.75, 3.05) is 13.3 Å². The quantitative estimate of drug-likeness (QED) is 0.551. The molecule has 2 aromatic carbocycles. The summed E-state index contributed by atoms with van der Waals surface area (Å²) in [6, 6.07) is 17.4. The van der Waals surface area contributed by atoms with Gasteiger partial charge in [-0.15, -0.1) is 11.8 Å². The van der Waals surface area contributed by atoms with Crippen molar-refractivity contribution in [1.82, 2.24) is 9.62 Å². The number of hydrogen-bond acceptors (Lipinski definition) is 5. The van der Waals surface area contributed by atoms with Crippen molar-refractivity contribution in [2.24, 2.45) is 0 Å². The highest BCUT2D eigenvalue weighted by molar-refractivity contribution is 7.98. The Morgan fingerprint density at radius 3 is 2.52 bits per heavy atom. The van der Waals surface area contributed by atoms with Crippen LogP contribution in [0.25, 0.3) is 0 Å². The zero-order valence-corrected chi connectivity index (χ0v) is 17.8. The molecule has 0 saturated heterocycles. The van der Waals surface area contributed by atoms with Gasteiger partial charge in [-0.05, 0) is 54.3 Å². The number of nitrogens with one attached hydrogen (secondary N) is 1. The second-order valence-corrected chi connectivity index (χ2v) is 9.09. The van der Waals surface area contributed by atoms with E-state index < -0.39 is 10.0 Å². The zero-order chi connectivity index (χ0) is 20.9. The van der Waals surface area contributed by atoms with Gasteiger partial charge in [0.2, 0.25) is 10.0 Å².